The SMILES string of the molecule is COc1ccc(-n2nnc(C(=O)N3CCC[C@H](C(=O)O)C3)c2C)cc1. The number of methoxy groups -OCH3 is 1. The lowest BCUT2D eigenvalue weighted by Gasteiger charge is -2.30. The van der Waals surface area contributed by atoms with Crippen LogP contribution in [0.15, 0.2) is 24.3 Å². The van der Waals surface area contributed by atoms with Crippen molar-refractivity contribution in [1.82, 2.24) is 19.9 Å². The molecular formula is C17H20N4O4. The van der Waals surface area contributed by atoms with Gasteiger partial charge in [0.05, 0.1) is 24.4 Å². The lowest BCUT2D eigenvalue weighted by Crippen LogP contribution is -2.42. The summed E-state index contributed by atoms with van der Waals surface area (Å²) in [6.45, 7) is 2.52. The Labute approximate surface area is 145 Å². The van der Waals surface area contributed by atoms with Crippen molar-refractivity contribution >= 4 is 11.9 Å². The average Bonchev–Trinajstić information content (AvgIpc) is 3.02. The second-order valence-electron chi connectivity index (χ2n) is 6.06. The Morgan fingerprint density at radius 3 is 2.64 bits per heavy atom. The summed E-state index contributed by atoms with van der Waals surface area (Å²) in [5, 5.41) is 17.3. The molecule has 1 fully saturated rings. The fourth-order valence-electron chi connectivity index (χ4n) is 3.01. The smallest absolute Gasteiger partial charge is 0.308 e. The van der Waals surface area contributed by atoms with Crippen molar-refractivity contribution in [1.29, 1.82) is 0 Å². The third-order valence-corrected chi connectivity index (χ3v) is 4.47. The summed E-state index contributed by atoms with van der Waals surface area (Å²) in [4.78, 5) is 25.5. The van der Waals surface area contributed by atoms with Crippen molar-refractivity contribution < 1.29 is 19.4 Å². The van der Waals surface area contributed by atoms with E-state index in [1.165, 1.54) is 0 Å². The van der Waals surface area contributed by atoms with Gasteiger partial charge in [-0.15, -0.1) is 5.10 Å². The van der Waals surface area contributed by atoms with Crippen LogP contribution < -0.4 is 4.74 Å². The van der Waals surface area contributed by atoms with Crippen molar-refractivity contribution in [3.63, 3.8) is 0 Å². The first-order valence-corrected chi connectivity index (χ1v) is 8.10. The number of piperidine rings is 1. The number of nitrogens with zero attached hydrogens (tertiary/aromatic N) is 4. The lowest BCUT2D eigenvalue weighted by molar-refractivity contribution is -0.143. The monoisotopic (exact) mass is 344 g/mol. The fourth-order valence-corrected chi connectivity index (χ4v) is 3.01. The number of carboxylic acids is 1. The van der Waals surface area contributed by atoms with Crippen LogP contribution in [0, 0.1) is 12.8 Å². The van der Waals surface area contributed by atoms with Gasteiger partial charge < -0.3 is 14.7 Å². The quantitative estimate of drug-likeness (QED) is 0.903. The molecule has 8 nitrogen and oxygen atoms in total. The molecule has 0 bridgehead atoms. The van der Waals surface area contributed by atoms with Crippen LogP contribution in [-0.4, -0.2) is 57.1 Å². The van der Waals surface area contributed by atoms with Gasteiger partial charge in [0.25, 0.3) is 5.91 Å². The first kappa shape index (κ1) is 16.9. The Morgan fingerprint density at radius 1 is 1.28 bits per heavy atom. The number of aromatic nitrogens is 3. The zero-order chi connectivity index (χ0) is 18.0. The van der Waals surface area contributed by atoms with E-state index in [9.17, 15) is 14.7 Å². The number of carbonyl (C=O) groups excluding carboxylic acids is 1. The minimum Gasteiger partial charge on any atom is -0.497 e. The van der Waals surface area contributed by atoms with Gasteiger partial charge in [0.15, 0.2) is 5.69 Å². The van der Waals surface area contributed by atoms with Gasteiger partial charge in [-0.05, 0) is 44.0 Å². The molecule has 8 heteroatoms. The highest BCUT2D eigenvalue weighted by Crippen LogP contribution is 2.21. The van der Waals surface area contributed by atoms with Crippen molar-refractivity contribution in [3.8, 4) is 11.4 Å². The maximum Gasteiger partial charge on any atom is 0.308 e. The average molecular weight is 344 g/mol. The molecule has 2 heterocycles. The van der Waals surface area contributed by atoms with Crippen molar-refractivity contribution in [2.75, 3.05) is 20.2 Å². The first-order valence-electron chi connectivity index (χ1n) is 8.10. The van der Waals surface area contributed by atoms with E-state index >= 15 is 0 Å². The molecule has 1 N–H and O–H groups in total. The summed E-state index contributed by atoms with van der Waals surface area (Å²) in [6.07, 6.45) is 1.27. The molecule has 1 saturated heterocycles. The molecule has 1 aromatic carbocycles. The molecule has 1 aliphatic heterocycles. The van der Waals surface area contributed by atoms with E-state index in [0.29, 0.717) is 25.1 Å². The zero-order valence-electron chi connectivity index (χ0n) is 14.2. The second-order valence-corrected chi connectivity index (χ2v) is 6.06. The van der Waals surface area contributed by atoms with E-state index in [4.69, 9.17) is 4.74 Å². The molecule has 0 unspecified atom stereocenters. The first-order chi connectivity index (χ1) is 12.0. The van der Waals surface area contributed by atoms with Crippen LogP contribution in [0.2, 0.25) is 0 Å². The minimum absolute atomic E-state index is 0.211. The van der Waals surface area contributed by atoms with Crippen LogP contribution in [0.25, 0.3) is 5.69 Å². The fraction of sp³-hybridized carbons (Fsp3) is 0.412. The van der Waals surface area contributed by atoms with Crippen LogP contribution in [0.1, 0.15) is 29.0 Å². The van der Waals surface area contributed by atoms with E-state index in [1.807, 2.05) is 12.1 Å². The van der Waals surface area contributed by atoms with Gasteiger partial charge in [0.1, 0.15) is 5.75 Å². The van der Waals surface area contributed by atoms with E-state index in [0.717, 1.165) is 11.4 Å². The van der Waals surface area contributed by atoms with Gasteiger partial charge in [-0.1, -0.05) is 5.21 Å². The highest BCUT2D eigenvalue weighted by atomic mass is 16.5. The Kier molecular flexibility index (Phi) is 4.69. The number of carboxylic acid groups (broad SMARTS) is 1. The number of benzene rings is 1. The predicted molar refractivity (Wildman–Crippen MR) is 88.9 cm³/mol. The molecule has 25 heavy (non-hydrogen) atoms. The minimum atomic E-state index is -0.865. The number of likely N-dealkylation sites (tertiary alicyclic amines) is 1. The van der Waals surface area contributed by atoms with Crippen LogP contribution in [-0.2, 0) is 4.79 Å². The number of hydrogen-bond donors (Lipinski definition) is 1. The number of rotatable bonds is 4. The largest absolute Gasteiger partial charge is 0.497 e. The number of carbonyl (C=O) groups is 2. The maximum atomic E-state index is 12.7. The molecule has 2 aromatic rings. The van der Waals surface area contributed by atoms with Crippen LogP contribution in [0.4, 0.5) is 0 Å². The van der Waals surface area contributed by atoms with Gasteiger partial charge in [0, 0.05) is 13.1 Å². The van der Waals surface area contributed by atoms with Gasteiger partial charge in [-0.2, -0.15) is 0 Å². The summed E-state index contributed by atoms with van der Waals surface area (Å²) >= 11 is 0. The number of hydrogen-bond acceptors (Lipinski definition) is 5. The van der Waals surface area contributed by atoms with Crippen molar-refractivity contribution in [3.05, 3.63) is 35.7 Å². The highest BCUT2D eigenvalue weighted by molar-refractivity contribution is 5.93. The number of aliphatic carboxylic acids is 1. The number of amides is 1. The molecular weight excluding hydrogens is 324 g/mol. The van der Waals surface area contributed by atoms with Gasteiger partial charge >= 0.3 is 5.97 Å². The molecule has 1 amide bonds. The van der Waals surface area contributed by atoms with Crippen molar-refractivity contribution in [2.24, 2.45) is 5.92 Å². The Balaban J connectivity index is 1.82. The Bertz CT molecular complexity index is 784. The van der Waals surface area contributed by atoms with Crippen LogP contribution >= 0.6 is 0 Å². The third-order valence-electron chi connectivity index (χ3n) is 4.47. The van der Waals surface area contributed by atoms with E-state index < -0.39 is 11.9 Å². The molecule has 1 atom stereocenters. The van der Waals surface area contributed by atoms with E-state index in [2.05, 4.69) is 10.3 Å². The summed E-state index contributed by atoms with van der Waals surface area (Å²) in [5.74, 6) is -0.931. The van der Waals surface area contributed by atoms with Crippen molar-refractivity contribution in [2.45, 2.75) is 19.8 Å². The van der Waals surface area contributed by atoms with Gasteiger partial charge in [-0.25, -0.2) is 4.68 Å². The second kappa shape index (κ2) is 6.92. The summed E-state index contributed by atoms with van der Waals surface area (Å²) in [5.41, 5.74) is 1.64. The van der Waals surface area contributed by atoms with E-state index in [1.54, 1.807) is 35.7 Å². The molecule has 0 radical (unpaired) electrons. The molecule has 0 spiro atoms. The highest BCUT2D eigenvalue weighted by Gasteiger charge is 2.31. The number of ether oxygens (including phenoxy) is 1. The van der Waals surface area contributed by atoms with Gasteiger partial charge in [0.2, 0.25) is 0 Å². The van der Waals surface area contributed by atoms with Crippen LogP contribution in [0.5, 0.6) is 5.75 Å². The summed E-state index contributed by atoms with van der Waals surface area (Å²) in [7, 11) is 1.59. The predicted octanol–water partition coefficient (Wildman–Crippen LogP) is 1.52. The molecule has 1 aromatic heterocycles. The zero-order valence-corrected chi connectivity index (χ0v) is 14.2. The van der Waals surface area contributed by atoms with Gasteiger partial charge in [-0.3, -0.25) is 9.59 Å². The molecule has 1 aliphatic rings. The Hall–Kier alpha value is -2.90. The maximum absolute atomic E-state index is 12.7. The van der Waals surface area contributed by atoms with Crippen LogP contribution in [0.3, 0.4) is 0 Å². The standard InChI is InChI=1S/C17H20N4O4/c1-11-15(16(22)20-9-3-4-12(10-20)17(23)24)18-19-21(11)13-5-7-14(25-2)8-6-13/h5-8,12H,3-4,9-10H2,1-2H3,(H,23,24)/t12-/m0/s1. The topological polar surface area (TPSA) is 97.5 Å². The molecule has 0 saturated carbocycles. The van der Waals surface area contributed by atoms with E-state index in [-0.39, 0.29) is 18.1 Å². The molecule has 0 aliphatic carbocycles. The normalized spacial score (nSPS) is 17.4. The summed E-state index contributed by atoms with van der Waals surface area (Å²) in [6, 6.07) is 7.27. The lowest BCUT2D eigenvalue weighted by atomic mass is 9.98. The third kappa shape index (κ3) is 3.33. The Morgan fingerprint density at radius 2 is 2.00 bits per heavy atom. The summed E-state index contributed by atoms with van der Waals surface area (Å²) < 4.78 is 6.72. The molecule has 3 rings (SSSR count). The molecule has 132 valence electrons.